The molecule has 5 N–H and O–H groups in total. The molecule has 3 saturated heterocycles. The average molecular weight is 720 g/mol. The summed E-state index contributed by atoms with van der Waals surface area (Å²) in [5, 5.41) is 57.7. The number of carbonyl (C=O) groups excluding carboxylic acids is 1. The average Bonchev–Trinajstić information content (AvgIpc) is 3.02. The van der Waals surface area contributed by atoms with Crippen LogP contribution in [-0.4, -0.2) is 142 Å². The minimum atomic E-state index is -1.75. The van der Waals surface area contributed by atoms with Crippen LogP contribution in [0.1, 0.15) is 101 Å². The van der Waals surface area contributed by atoms with Crippen molar-refractivity contribution < 1.29 is 58.7 Å². The maximum Gasteiger partial charge on any atom is 0.311 e. The number of nitrogens with zero attached hydrogens (tertiary/aromatic N) is 1. The Balaban J connectivity index is 2.15. The fourth-order valence-corrected chi connectivity index (χ4v) is 8.71. The van der Waals surface area contributed by atoms with Gasteiger partial charge in [-0.1, -0.05) is 27.7 Å². The van der Waals surface area contributed by atoms with Gasteiger partial charge in [-0.25, -0.2) is 0 Å². The zero-order valence-corrected chi connectivity index (χ0v) is 32.7. The SMILES string of the molecule is CC[C@H]1OC(=O)[C@H](C)[C@@H](O[C@H]2C[C@@](C)(OC)[C@@H](O)[C@H](C)O2)[C@H](C)[C@@H](O[C@@H]2O[C@H](C)C[C@H](N(C)C)[C@H]2O)[C@@](C)(O)C[C@@H](C)C[C@H](C)[C@@H](O)[C@]1(C)O. The summed E-state index contributed by atoms with van der Waals surface area (Å²) >= 11 is 0. The van der Waals surface area contributed by atoms with Crippen molar-refractivity contribution in [1.82, 2.24) is 4.90 Å². The molecule has 3 aliphatic heterocycles. The van der Waals surface area contributed by atoms with Crippen molar-refractivity contribution in [2.75, 3.05) is 21.2 Å². The molecule has 0 radical (unpaired) electrons. The summed E-state index contributed by atoms with van der Waals surface area (Å²) in [6.45, 7) is 17.6. The van der Waals surface area contributed by atoms with Crippen LogP contribution < -0.4 is 0 Å². The molecule has 13 nitrogen and oxygen atoms in total. The van der Waals surface area contributed by atoms with Crippen LogP contribution in [0.3, 0.4) is 0 Å². The van der Waals surface area contributed by atoms with Gasteiger partial charge in [0.1, 0.15) is 23.9 Å². The lowest BCUT2D eigenvalue weighted by Gasteiger charge is -2.49. The molecule has 3 fully saturated rings. The second-order valence-corrected chi connectivity index (χ2v) is 16.7. The molecule has 294 valence electrons. The molecular formula is C37H69NO12. The fourth-order valence-electron chi connectivity index (χ4n) is 8.71. The van der Waals surface area contributed by atoms with Crippen molar-refractivity contribution in [2.45, 2.75) is 186 Å². The highest BCUT2D eigenvalue weighted by Crippen LogP contribution is 2.41. The third-order valence-corrected chi connectivity index (χ3v) is 11.8. The topological polar surface area (TPSA) is 177 Å². The van der Waals surface area contributed by atoms with Crippen molar-refractivity contribution in [3.63, 3.8) is 0 Å². The highest BCUT2D eigenvalue weighted by atomic mass is 16.7. The van der Waals surface area contributed by atoms with Crippen molar-refractivity contribution in [3.8, 4) is 0 Å². The molecular weight excluding hydrogens is 650 g/mol. The zero-order valence-electron chi connectivity index (χ0n) is 32.7. The van der Waals surface area contributed by atoms with Crippen molar-refractivity contribution in [3.05, 3.63) is 0 Å². The Bertz CT molecular complexity index is 1090. The van der Waals surface area contributed by atoms with E-state index in [1.54, 1.807) is 34.6 Å². The van der Waals surface area contributed by atoms with Crippen LogP contribution in [0.25, 0.3) is 0 Å². The monoisotopic (exact) mass is 719 g/mol. The highest BCUT2D eigenvalue weighted by Gasteiger charge is 2.52. The fraction of sp³-hybridized carbons (Fsp3) is 0.973. The van der Waals surface area contributed by atoms with E-state index < -0.39 is 95.8 Å². The predicted molar refractivity (Wildman–Crippen MR) is 186 cm³/mol. The number of esters is 1. The molecule has 0 spiro atoms. The normalized spacial score (nSPS) is 50.5. The molecule has 0 aromatic rings. The summed E-state index contributed by atoms with van der Waals surface area (Å²) in [6, 6.07) is -0.265. The third kappa shape index (κ3) is 9.57. The van der Waals surface area contributed by atoms with E-state index in [4.69, 9.17) is 28.4 Å². The van der Waals surface area contributed by atoms with E-state index >= 15 is 0 Å². The van der Waals surface area contributed by atoms with E-state index in [0.29, 0.717) is 12.8 Å². The lowest BCUT2D eigenvalue weighted by Crippen LogP contribution is -2.61. The Kier molecular flexibility index (Phi) is 14.8. The molecule has 3 heterocycles. The number of hydrogen-bond donors (Lipinski definition) is 5. The van der Waals surface area contributed by atoms with Gasteiger partial charge in [0.15, 0.2) is 12.6 Å². The van der Waals surface area contributed by atoms with Crippen molar-refractivity contribution in [2.24, 2.45) is 23.7 Å². The molecule has 0 aromatic heterocycles. The minimum Gasteiger partial charge on any atom is -0.459 e. The van der Waals surface area contributed by atoms with Crippen LogP contribution in [0.5, 0.6) is 0 Å². The molecule has 0 bridgehead atoms. The summed E-state index contributed by atoms with van der Waals surface area (Å²) in [4.78, 5) is 16.0. The summed E-state index contributed by atoms with van der Waals surface area (Å²) in [6.07, 6.45) is -7.54. The zero-order chi connectivity index (χ0) is 38.1. The van der Waals surface area contributed by atoms with Crippen LogP contribution in [0.4, 0.5) is 0 Å². The van der Waals surface area contributed by atoms with Gasteiger partial charge in [-0.3, -0.25) is 4.79 Å². The van der Waals surface area contributed by atoms with Gasteiger partial charge >= 0.3 is 5.97 Å². The Morgan fingerprint density at radius 2 is 1.52 bits per heavy atom. The van der Waals surface area contributed by atoms with E-state index in [2.05, 4.69) is 0 Å². The van der Waals surface area contributed by atoms with E-state index in [1.165, 1.54) is 14.0 Å². The van der Waals surface area contributed by atoms with Crippen LogP contribution >= 0.6 is 0 Å². The number of hydrogen-bond acceptors (Lipinski definition) is 13. The molecule has 0 unspecified atom stereocenters. The standard InChI is InChI=1S/C37H69NO12/c1-14-26-37(10,44)30(40)20(3)15-19(2)17-35(8,43)32(50-34-28(39)25(38(11)12)16-21(4)46-34)22(5)29(23(6)33(42)48-26)49-27-18-36(9,45-13)31(41)24(7)47-27/h19-32,34,39-41,43-44H,14-18H2,1-13H3/t19-,20-,21+,22-,23+,24-,25-,26+,27-,28+,29-,30+,31-,32+,34-,35-,36+,37+/m0/s1. The summed E-state index contributed by atoms with van der Waals surface area (Å²) < 4.78 is 37.3. The van der Waals surface area contributed by atoms with E-state index in [-0.39, 0.29) is 37.3 Å². The van der Waals surface area contributed by atoms with Crippen LogP contribution in [0, 0.1) is 23.7 Å². The van der Waals surface area contributed by atoms with Crippen molar-refractivity contribution in [1.29, 1.82) is 0 Å². The second-order valence-electron chi connectivity index (χ2n) is 16.7. The van der Waals surface area contributed by atoms with Crippen molar-refractivity contribution >= 4 is 5.97 Å². The Morgan fingerprint density at radius 1 is 0.900 bits per heavy atom. The highest BCUT2D eigenvalue weighted by molar-refractivity contribution is 5.73. The lowest BCUT2D eigenvalue weighted by atomic mass is 9.74. The van der Waals surface area contributed by atoms with Gasteiger partial charge in [0.05, 0.1) is 47.6 Å². The molecule has 0 aromatic carbocycles. The number of methoxy groups -OCH3 is 1. The molecule has 0 aliphatic carbocycles. The quantitative estimate of drug-likeness (QED) is 0.243. The van der Waals surface area contributed by atoms with Gasteiger partial charge in [0, 0.05) is 25.5 Å². The van der Waals surface area contributed by atoms with Gasteiger partial charge in [-0.05, 0) is 93.2 Å². The molecule has 0 amide bonds. The number of aliphatic hydroxyl groups is 5. The Hall–Kier alpha value is -0.970. The van der Waals surface area contributed by atoms with Gasteiger partial charge in [-0.2, -0.15) is 0 Å². The lowest BCUT2D eigenvalue weighted by molar-refractivity contribution is -0.318. The number of cyclic esters (lactones) is 1. The summed E-state index contributed by atoms with van der Waals surface area (Å²) in [5.74, 6) is -2.94. The molecule has 18 atom stereocenters. The molecule has 13 heteroatoms. The number of aliphatic hydroxyl groups excluding tert-OH is 3. The van der Waals surface area contributed by atoms with Gasteiger partial charge < -0.3 is 58.9 Å². The third-order valence-electron chi connectivity index (χ3n) is 11.8. The van der Waals surface area contributed by atoms with Crippen LogP contribution in [-0.2, 0) is 33.2 Å². The first-order chi connectivity index (χ1) is 23.0. The van der Waals surface area contributed by atoms with Gasteiger partial charge in [0.2, 0.25) is 0 Å². The maximum atomic E-state index is 14.1. The van der Waals surface area contributed by atoms with E-state index in [9.17, 15) is 30.3 Å². The molecule has 0 saturated carbocycles. The maximum absolute atomic E-state index is 14.1. The van der Waals surface area contributed by atoms with E-state index in [0.717, 1.165) is 0 Å². The first kappa shape index (κ1) is 43.4. The number of rotatable bonds is 7. The molecule has 3 aliphatic rings. The minimum absolute atomic E-state index is 0.141. The first-order valence-electron chi connectivity index (χ1n) is 18.5. The van der Waals surface area contributed by atoms with Gasteiger partial charge in [-0.15, -0.1) is 0 Å². The Morgan fingerprint density at radius 3 is 2.08 bits per heavy atom. The Labute approximate surface area is 299 Å². The summed E-state index contributed by atoms with van der Waals surface area (Å²) in [5.41, 5.74) is -4.32. The van der Waals surface area contributed by atoms with Crippen LogP contribution in [0.15, 0.2) is 0 Å². The molecule has 3 rings (SSSR count). The molecule has 50 heavy (non-hydrogen) atoms. The van der Waals surface area contributed by atoms with Crippen LogP contribution in [0.2, 0.25) is 0 Å². The largest absolute Gasteiger partial charge is 0.459 e. The number of ether oxygens (including phenoxy) is 6. The first-order valence-corrected chi connectivity index (χ1v) is 18.5. The second kappa shape index (κ2) is 17.0. The smallest absolute Gasteiger partial charge is 0.311 e. The van der Waals surface area contributed by atoms with Gasteiger partial charge in [0.25, 0.3) is 0 Å². The predicted octanol–water partition coefficient (Wildman–Crippen LogP) is 2.61. The summed E-state index contributed by atoms with van der Waals surface area (Å²) in [7, 11) is 5.28. The number of carbonyl (C=O) groups is 1. The number of likely N-dealkylation sites (N-methyl/N-ethyl adjacent to an activating group) is 1. The van der Waals surface area contributed by atoms with E-state index in [1.807, 2.05) is 46.7 Å².